The van der Waals surface area contributed by atoms with Gasteiger partial charge in [-0.15, -0.1) is 0 Å². The number of nitrogens with zero attached hydrogens (tertiary/aromatic N) is 1. The quantitative estimate of drug-likeness (QED) is 0.769. The van der Waals surface area contributed by atoms with Gasteiger partial charge in [-0.25, -0.2) is 8.42 Å². The van der Waals surface area contributed by atoms with Crippen molar-refractivity contribution < 1.29 is 8.42 Å². The van der Waals surface area contributed by atoms with E-state index in [1.54, 1.807) is 12.1 Å². The van der Waals surface area contributed by atoms with Gasteiger partial charge >= 0.3 is 0 Å². The van der Waals surface area contributed by atoms with E-state index in [0.717, 1.165) is 5.56 Å². The molecule has 1 unspecified atom stereocenters. The summed E-state index contributed by atoms with van der Waals surface area (Å²) in [5.74, 6) is 0. The first-order valence-corrected chi connectivity index (χ1v) is 6.84. The van der Waals surface area contributed by atoms with Crippen LogP contribution in [0.2, 0.25) is 0 Å². The predicted molar refractivity (Wildman–Crippen MR) is 61.6 cm³/mol. The van der Waals surface area contributed by atoms with Crippen molar-refractivity contribution in [2.24, 2.45) is 0 Å². The van der Waals surface area contributed by atoms with Crippen LogP contribution in [0.3, 0.4) is 0 Å². The van der Waals surface area contributed by atoms with E-state index in [1.165, 1.54) is 12.1 Å². The molecular formula is C10H14ClNO2S. The summed E-state index contributed by atoms with van der Waals surface area (Å²) in [6.45, 7) is 2.05. The van der Waals surface area contributed by atoms with Crippen LogP contribution >= 0.6 is 10.7 Å². The van der Waals surface area contributed by atoms with Crippen LogP contribution in [0.5, 0.6) is 0 Å². The fourth-order valence-electron chi connectivity index (χ4n) is 1.21. The Morgan fingerprint density at radius 3 is 2.00 bits per heavy atom. The molecule has 1 rings (SSSR count). The molecule has 84 valence electrons. The van der Waals surface area contributed by atoms with Crippen LogP contribution in [0, 0.1) is 0 Å². The molecule has 0 aliphatic heterocycles. The van der Waals surface area contributed by atoms with E-state index >= 15 is 0 Å². The zero-order chi connectivity index (χ0) is 11.6. The highest BCUT2D eigenvalue weighted by Crippen LogP contribution is 2.21. The third-order valence-corrected chi connectivity index (χ3v) is 3.79. The first kappa shape index (κ1) is 12.5. The van der Waals surface area contributed by atoms with Crippen LogP contribution < -0.4 is 0 Å². The maximum Gasteiger partial charge on any atom is 0.261 e. The molecule has 1 aromatic carbocycles. The summed E-state index contributed by atoms with van der Waals surface area (Å²) in [6.07, 6.45) is 0. The van der Waals surface area contributed by atoms with Crippen molar-refractivity contribution in [3.05, 3.63) is 29.8 Å². The maximum atomic E-state index is 11.0. The molecule has 3 nitrogen and oxygen atoms in total. The second kappa shape index (κ2) is 4.51. The van der Waals surface area contributed by atoms with Crippen molar-refractivity contribution in [1.29, 1.82) is 0 Å². The minimum atomic E-state index is -3.61. The minimum absolute atomic E-state index is 0.138. The molecule has 0 N–H and O–H groups in total. The van der Waals surface area contributed by atoms with Crippen molar-refractivity contribution in [3.8, 4) is 0 Å². The van der Waals surface area contributed by atoms with Gasteiger partial charge in [-0.3, -0.25) is 0 Å². The summed E-state index contributed by atoms with van der Waals surface area (Å²) in [7, 11) is 5.55. The lowest BCUT2D eigenvalue weighted by Crippen LogP contribution is -2.16. The summed E-state index contributed by atoms with van der Waals surface area (Å²) in [5, 5.41) is 0. The Morgan fingerprint density at radius 1 is 1.20 bits per heavy atom. The first-order valence-electron chi connectivity index (χ1n) is 4.53. The standard InChI is InChI=1S/C10H14ClNO2S/c1-8(12(2)3)9-4-6-10(7-5-9)15(11,13)14/h4-8H,1-3H3. The average Bonchev–Trinajstić information content (AvgIpc) is 2.15. The van der Waals surface area contributed by atoms with E-state index in [0.29, 0.717) is 0 Å². The number of rotatable bonds is 3. The highest BCUT2D eigenvalue weighted by atomic mass is 35.7. The van der Waals surface area contributed by atoms with Crippen LogP contribution in [-0.2, 0) is 9.05 Å². The van der Waals surface area contributed by atoms with Gasteiger partial charge in [0.1, 0.15) is 0 Å². The zero-order valence-corrected chi connectivity index (χ0v) is 10.5. The largest absolute Gasteiger partial charge is 0.303 e. The van der Waals surface area contributed by atoms with Gasteiger partial charge in [0, 0.05) is 16.7 Å². The molecule has 0 heterocycles. The predicted octanol–water partition coefficient (Wildman–Crippen LogP) is 2.24. The molecule has 15 heavy (non-hydrogen) atoms. The van der Waals surface area contributed by atoms with E-state index in [1.807, 2.05) is 25.9 Å². The molecule has 0 saturated carbocycles. The summed E-state index contributed by atoms with van der Waals surface area (Å²) in [6, 6.07) is 6.85. The molecule has 0 fully saturated rings. The molecule has 0 radical (unpaired) electrons. The van der Waals surface area contributed by atoms with Crippen LogP contribution in [0.25, 0.3) is 0 Å². The second-order valence-corrected chi connectivity index (χ2v) is 6.21. The third kappa shape index (κ3) is 3.19. The van der Waals surface area contributed by atoms with Crippen molar-refractivity contribution in [2.45, 2.75) is 17.9 Å². The SMILES string of the molecule is CC(c1ccc(S(=O)(=O)Cl)cc1)N(C)C. The molecule has 1 aromatic rings. The number of hydrogen-bond donors (Lipinski definition) is 0. The Morgan fingerprint density at radius 2 is 1.67 bits per heavy atom. The van der Waals surface area contributed by atoms with E-state index in [-0.39, 0.29) is 10.9 Å². The maximum absolute atomic E-state index is 11.0. The van der Waals surface area contributed by atoms with Crippen molar-refractivity contribution in [2.75, 3.05) is 14.1 Å². The lowest BCUT2D eigenvalue weighted by Gasteiger charge is -2.20. The summed E-state index contributed by atoms with van der Waals surface area (Å²) < 4.78 is 22.0. The van der Waals surface area contributed by atoms with E-state index in [2.05, 4.69) is 0 Å². The molecule has 0 aliphatic carbocycles. The number of benzene rings is 1. The normalized spacial score (nSPS) is 14.2. The molecule has 0 aliphatic rings. The van der Waals surface area contributed by atoms with E-state index < -0.39 is 9.05 Å². The lowest BCUT2D eigenvalue weighted by atomic mass is 10.1. The highest BCUT2D eigenvalue weighted by Gasteiger charge is 2.11. The summed E-state index contributed by atoms with van der Waals surface area (Å²) >= 11 is 0. The minimum Gasteiger partial charge on any atom is -0.303 e. The Kier molecular flexibility index (Phi) is 3.76. The highest BCUT2D eigenvalue weighted by molar-refractivity contribution is 8.13. The van der Waals surface area contributed by atoms with Crippen LogP contribution in [-0.4, -0.2) is 27.4 Å². The molecular weight excluding hydrogens is 234 g/mol. The average molecular weight is 248 g/mol. The molecule has 0 spiro atoms. The van der Waals surface area contributed by atoms with Gasteiger partial charge in [-0.1, -0.05) is 12.1 Å². The molecule has 0 saturated heterocycles. The van der Waals surface area contributed by atoms with Gasteiger partial charge in [0.2, 0.25) is 0 Å². The van der Waals surface area contributed by atoms with Crippen molar-refractivity contribution >= 4 is 19.7 Å². The van der Waals surface area contributed by atoms with E-state index in [4.69, 9.17) is 10.7 Å². The Labute approximate surface area is 95.1 Å². The van der Waals surface area contributed by atoms with Gasteiger partial charge in [0.15, 0.2) is 0 Å². The van der Waals surface area contributed by atoms with Crippen LogP contribution in [0.4, 0.5) is 0 Å². The zero-order valence-electron chi connectivity index (χ0n) is 8.94. The Hall–Kier alpha value is -0.580. The molecule has 0 amide bonds. The molecule has 0 aromatic heterocycles. The fraction of sp³-hybridized carbons (Fsp3) is 0.400. The molecule has 0 bridgehead atoms. The second-order valence-electron chi connectivity index (χ2n) is 3.65. The topological polar surface area (TPSA) is 37.4 Å². The van der Waals surface area contributed by atoms with Gasteiger partial charge in [0.25, 0.3) is 9.05 Å². The first-order chi connectivity index (χ1) is 6.82. The number of hydrogen-bond acceptors (Lipinski definition) is 3. The Bertz CT molecular complexity index is 425. The van der Waals surface area contributed by atoms with Gasteiger partial charge in [-0.2, -0.15) is 0 Å². The summed E-state index contributed by atoms with van der Waals surface area (Å²) in [5.41, 5.74) is 1.06. The van der Waals surface area contributed by atoms with Gasteiger partial charge in [-0.05, 0) is 38.7 Å². The van der Waals surface area contributed by atoms with E-state index in [9.17, 15) is 8.42 Å². The van der Waals surface area contributed by atoms with Crippen molar-refractivity contribution in [3.63, 3.8) is 0 Å². The smallest absolute Gasteiger partial charge is 0.261 e. The fourth-order valence-corrected chi connectivity index (χ4v) is 1.98. The van der Waals surface area contributed by atoms with Crippen LogP contribution in [0.1, 0.15) is 18.5 Å². The molecule has 1 atom stereocenters. The lowest BCUT2D eigenvalue weighted by molar-refractivity contribution is 0.321. The molecule has 5 heteroatoms. The van der Waals surface area contributed by atoms with Gasteiger partial charge in [0.05, 0.1) is 4.90 Å². The third-order valence-electron chi connectivity index (χ3n) is 2.42. The summed E-state index contributed by atoms with van der Waals surface area (Å²) in [4.78, 5) is 2.18. The van der Waals surface area contributed by atoms with Crippen molar-refractivity contribution in [1.82, 2.24) is 4.90 Å². The number of halogens is 1. The monoisotopic (exact) mass is 247 g/mol. The Balaban J connectivity index is 3.01. The van der Waals surface area contributed by atoms with Crippen LogP contribution in [0.15, 0.2) is 29.2 Å². The van der Waals surface area contributed by atoms with Gasteiger partial charge < -0.3 is 4.90 Å².